The van der Waals surface area contributed by atoms with Gasteiger partial charge in [0.15, 0.2) is 0 Å². The molecule has 1 atom stereocenters. The van der Waals surface area contributed by atoms with Crippen molar-refractivity contribution in [3.63, 3.8) is 0 Å². The van der Waals surface area contributed by atoms with Gasteiger partial charge in [-0.2, -0.15) is 0 Å². The molecule has 2 aromatic rings. The highest BCUT2D eigenvalue weighted by molar-refractivity contribution is 5.73. The zero-order valence-electron chi connectivity index (χ0n) is 15.1. The summed E-state index contributed by atoms with van der Waals surface area (Å²) in [5.41, 5.74) is 1.11. The van der Waals surface area contributed by atoms with Crippen molar-refractivity contribution in [2.45, 2.75) is 45.3 Å². The highest BCUT2D eigenvalue weighted by Gasteiger charge is 2.32. The molecule has 0 N–H and O–H groups in total. The zero-order chi connectivity index (χ0) is 18.1. The smallest absolute Gasteiger partial charge is 0.219 e. The number of hydrogen-bond donors (Lipinski definition) is 0. The van der Waals surface area contributed by atoms with E-state index in [1.807, 2.05) is 17.0 Å². The van der Waals surface area contributed by atoms with Crippen LogP contribution in [0, 0.1) is 5.82 Å². The number of amides is 1. The molecule has 1 amide bonds. The lowest BCUT2D eigenvalue weighted by Crippen LogP contribution is -2.32. The second-order valence-electron chi connectivity index (χ2n) is 7.14. The van der Waals surface area contributed by atoms with Gasteiger partial charge in [0.05, 0.1) is 6.04 Å². The number of carbonyl (C=O) groups is 1. The summed E-state index contributed by atoms with van der Waals surface area (Å²) >= 11 is 0. The van der Waals surface area contributed by atoms with Gasteiger partial charge in [-0.3, -0.25) is 9.69 Å². The van der Waals surface area contributed by atoms with Crippen LogP contribution in [-0.2, 0) is 24.3 Å². The molecule has 1 aromatic carbocycles. The summed E-state index contributed by atoms with van der Waals surface area (Å²) < 4.78 is 15.4. The Kier molecular flexibility index (Phi) is 4.72. The first-order valence-electron chi connectivity index (χ1n) is 9.28. The Morgan fingerprint density at radius 2 is 1.96 bits per heavy atom. The van der Waals surface area contributed by atoms with E-state index in [-0.39, 0.29) is 17.8 Å². The minimum atomic E-state index is -0.204. The average molecular weight is 357 g/mol. The zero-order valence-corrected chi connectivity index (χ0v) is 15.1. The SMILES string of the molecule is CC(=O)N1CCc2nnc([C@@H]3CCCN3Cc3ccc(F)cc3)n2CC1. The van der Waals surface area contributed by atoms with Crippen LogP contribution in [0.4, 0.5) is 4.39 Å². The summed E-state index contributed by atoms with van der Waals surface area (Å²) in [4.78, 5) is 16.0. The third-order valence-electron chi connectivity index (χ3n) is 5.46. The highest BCUT2D eigenvalue weighted by atomic mass is 19.1. The van der Waals surface area contributed by atoms with Crippen LogP contribution in [0.2, 0.25) is 0 Å². The number of hydrogen-bond acceptors (Lipinski definition) is 4. The molecule has 4 rings (SSSR count). The summed E-state index contributed by atoms with van der Waals surface area (Å²) in [6, 6.07) is 6.95. The molecule has 1 saturated heterocycles. The monoisotopic (exact) mass is 357 g/mol. The van der Waals surface area contributed by atoms with E-state index in [4.69, 9.17) is 0 Å². The molecule has 7 heteroatoms. The number of aromatic nitrogens is 3. The Morgan fingerprint density at radius 3 is 2.73 bits per heavy atom. The molecule has 6 nitrogen and oxygen atoms in total. The van der Waals surface area contributed by atoms with Crippen molar-refractivity contribution in [3.8, 4) is 0 Å². The van der Waals surface area contributed by atoms with Crippen LogP contribution in [0.15, 0.2) is 24.3 Å². The summed E-state index contributed by atoms with van der Waals surface area (Å²) in [5.74, 6) is 1.89. The molecule has 0 aliphatic carbocycles. The van der Waals surface area contributed by atoms with Gasteiger partial charge in [0.2, 0.25) is 5.91 Å². The maximum absolute atomic E-state index is 13.2. The van der Waals surface area contributed by atoms with Gasteiger partial charge >= 0.3 is 0 Å². The van der Waals surface area contributed by atoms with Crippen LogP contribution in [0.5, 0.6) is 0 Å². The Hall–Kier alpha value is -2.28. The van der Waals surface area contributed by atoms with Crippen molar-refractivity contribution in [1.29, 1.82) is 0 Å². The lowest BCUT2D eigenvalue weighted by atomic mass is 10.1. The number of nitrogens with zero attached hydrogens (tertiary/aromatic N) is 5. The summed E-state index contributed by atoms with van der Waals surface area (Å²) in [6.07, 6.45) is 2.92. The Labute approximate surface area is 152 Å². The second kappa shape index (κ2) is 7.15. The predicted molar refractivity (Wildman–Crippen MR) is 94.8 cm³/mol. The van der Waals surface area contributed by atoms with E-state index in [2.05, 4.69) is 19.7 Å². The molecule has 1 aromatic heterocycles. The van der Waals surface area contributed by atoms with Crippen molar-refractivity contribution in [1.82, 2.24) is 24.6 Å². The lowest BCUT2D eigenvalue weighted by molar-refractivity contribution is -0.128. The topological polar surface area (TPSA) is 54.3 Å². The number of halogens is 1. The van der Waals surface area contributed by atoms with Crippen LogP contribution in [0.25, 0.3) is 0 Å². The van der Waals surface area contributed by atoms with Crippen molar-refractivity contribution in [2.75, 3.05) is 19.6 Å². The largest absolute Gasteiger partial charge is 0.341 e. The lowest BCUT2D eigenvalue weighted by Gasteiger charge is -2.24. The van der Waals surface area contributed by atoms with E-state index in [0.717, 1.165) is 56.1 Å². The van der Waals surface area contributed by atoms with E-state index in [1.54, 1.807) is 6.92 Å². The Balaban J connectivity index is 1.53. The Bertz CT molecular complexity index is 788. The second-order valence-corrected chi connectivity index (χ2v) is 7.14. The standard InChI is InChI=1S/C19H24FN5O/c1-14(26)23-10-8-18-21-22-19(25(18)12-11-23)17-3-2-9-24(17)13-15-4-6-16(20)7-5-15/h4-7,17H,2-3,8-13H2,1H3/t17-/m0/s1. The first-order valence-corrected chi connectivity index (χ1v) is 9.28. The minimum Gasteiger partial charge on any atom is -0.341 e. The molecule has 26 heavy (non-hydrogen) atoms. The van der Waals surface area contributed by atoms with Crippen molar-refractivity contribution in [3.05, 3.63) is 47.3 Å². The number of fused-ring (bicyclic) bond motifs is 1. The van der Waals surface area contributed by atoms with Gasteiger partial charge in [-0.15, -0.1) is 10.2 Å². The number of benzene rings is 1. The predicted octanol–water partition coefficient (Wildman–Crippen LogP) is 2.16. The van der Waals surface area contributed by atoms with E-state index in [1.165, 1.54) is 12.1 Å². The highest BCUT2D eigenvalue weighted by Crippen LogP contribution is 2.33. The maximum atomic E-state index is 13.2. The van der Waals surface area contributed by atoms with Gasteiger partial charge in [0.25, 0.3) is 0 Å². The van der Waals surface area contributed by atoms with Crippen LogP contribution in [0.3, 0.4) is 0 Å². The molecule has 0 bridgehead atoms. The molecule has 3 heterocycles. The van der Waals surface area contributed by atoms with Crippen LogP contribution in [-0.4, -0.2) is 50.1 Å². The van der Waals surface area contributed by atoms with Gasteiger partial charge in [-0.05, 0) is 37.1 Å². The van der Waals surface area contributed by atoms with E-state index in [9.17, 15) is 9.18 Å². The van der Waals surface area contributed by atoms with E-state index in [0.29, 0.717) is 13.1 Å². The number of rotatable bonds is 3. The third kappa shape index (κ3) is 3.35. The van der Waals surface area contributed by atoms with Crippen LogP contribution in [0.1, 0.15) is 43.0 Å². The van der Waals surface area contributed by atoms with Gasteiger partial charge in [0.1, 0.15) is 17.5 Å². The van der Waals surface area contributed by atoms with Crippen LogP contribution >= 0.6 is 0 Å². The summed E-state index contributed by atoms with van der Waals surface area (Å²) in [5, 5.41) is 8.91. The van der Waals surface area contributed by atoms with Crippen molar-refractivity contribution >= 4 is 5.91 Å². The first kappa shape index (κ1) is 17.1. The fourth-order valence-corrected chi connectivity index (χ4v) is 4.04. The fourth-order valence-electron chi connectivity index (χ4n) is 4.04. The molecule has 1 fully saturated rings. The average Bonchev–Trinajstić information content (AvgIpc) is 3.17. The van der Waals surface area contributed by atoms with Crippen molar-refractivity contribution in [2.24, 2.45) is 0 Å². The molecule has 0 unspecified atom stereocenters. The van der Waals surface area contributed by atoms with E-state index >= 15 is 0 Å². The molecular formula is C19H24FN5O. The van der Waals surface area contributed by atoms with Gasteiger partial charge in [-0.1, -0.05) is 12.1 Å². The van der Waals surface area contributed by atoms with Crippen LogP contribution < -0.4 is 0 Å². The number of carbonyl (C=O) groups excluding carboxylic acids is 1. The summed E-state index contributed by atoms with van der Waals surface area (Å²) in [6.45, 7) is 5.57. The molecule has 0 spiro atoms. The molecular weight excluding hydrogens is 333 g/mol. The third-order valence-corrected chi connectivity index (χ3v) is 5.46. The normalized spacial score (nSPS) is 20.8. The minimum absolute atomic E-state index is 0.115. The van der Waals surface area contributed by atoms with E-state index < -0.39 is 0 Å². The molecule has 0 radical (unpaired) electrons. The first-order chi connectivity index (χ1) is 12.6. The summed E-state index contributed by atoms with van der Waals surface area (Å²) in [7, 11) is 0. The fraction of sp³-hybridized carbons (Fsp3) is 0.526. The van der Waals surface area contributed by atoms with Gasteiger partial charge < -0.3 is 9.47 Å². The number of likely N-dealkylation sites (tertiary alicyclic amines) is 1. The molecule has 2 aliphatic heterocycles. The van der Waals surface area contributed by atoms with Gasteiger partial charge in [-0.25, -0.2) is 4.39 Å². The van der Waals surface area contributed by atoms with Gasteiger partial charge in [0, 0.05) is 39.5 Å². The molecule has 138 valence electrons. The van der Waals surface area contributed by atoms with Crippen molar-refractivity contribution < 1.29 is 9.18 Å². The maximum Gasteiger partial charge on any atom is 0.219 e. The quantitative estimate of drug-likeness (QED) is 0.845. The molecule has 2 aliphatic rings. The Morgan fingerprint density at radius 1 is 1.15 bits per heavy atom. The molecule has 0 saturated carbocycles.